The fourth-order valence-electron chi connectivity index (χ4n) is 5.54. The van der Waals surface area contributed by atoms with Gasteiger partial charge in [0, 0.05) is 31.1 Å². The molecule has 3 aliphatic heterocycles. The molecule has 37 heavy (non-hydrogen) atoms. The molecule has 3 saturated heterocycles. The van der Waals surface area contributed by atoms with Crippen LogP contribution in [-0.4, -0.2) is 94.7 Å². The molecule has 3 aliphatic rings. The number of carbonyl (C=O) groups excluding carboxylic acids is 3. The number of nitrogens with one attached hydrogen (secondary N) is 1. The predicted octanol–water partition coefficient (Wildman–Crippen LogP) is 2.50. The van der Waals surface area contributed by atoms with Gasteiger partial charge >= 0.3 is 12.0 Å². The summed E-state index contributed by atoms with van der Waals surface area (Å²) >= 11 is 1.49. The number of aliphatic carboxylic acids is 1. The van der Waals surface area contributed by atoms with E-state index in [1.54, 1.807) is 4.90 Å². The number of carbonyl (C=O) groups is 4. The number of β-lactam (4-membered cyclic amide) rings is 1. The summed E-state index contributed by atoms with van der Waals surface area (Å²) in [5, 5.41) is 15.3. The van der Waals surface area contributed by atoms with Crippen molar-refractivity contribution >= 4 is 46.3 Å². The van der Waals surface area contributed by atoms with E-state index >= 15 is 0 Å². The van der Waals surface area contributed by atoms with E-state index in [1.165, 1.54) is 16.7 Å². The fourth-order valence-corrected chi connectivity index (χ4v) is 6.39. The maximum Gasteiger partial charge on any atom is 0.327 e. The zero-order valence-electron chi connectivity index (χ0n) is 20.7. The summed E-state index contributed by atoms with van der Waals surface area (Å²) in [6.07, 6.45) is 2.34. The smallest absolute Gasteiger partial charge is 0.327 e. The highest BCUT2D eigenvalue weighted by atomic mass is 32.2. The summed E-state index contributed by atoms with van der Waals surface area (Å²) in [6.45, 7) is 3.02. The normalized spacial score (nSPS) is 22.7. The number of imide groups is 1. The Morgan fingerprint density at radius 1 is 0.946 bits per heavy atom. The van der Waals surface area contributed by atoms with E-state index in [0.717, 1.165) is 46.5 Å². The number of likely N-dealkylation sites (tertiary alicyclic amines) is 1. The summed E-state index contributed by atoms with van der Waals surface area (Å²) in [5.41, 5.74) is 0. The number of hydrogen-bond donors (Lipinski definition) is 2. The molecule has 0 aliphatic carbocycles. The molecule has 3 heterocycles. The molecule has 0 unspecified atom stereocenters. The lowest BCUT2D eigenvalue weighted by Crippen LogP contribution is -2.69. The lowest BCUT2D eigenvalue weighted by Gasteiger charge is -2.47. The van der Waals surface area contributed by atoms with Gasteiger partial charge in [0.15, 0.2) is 6.04 Å². The van der Waals surface area contributed by atoms with Crippen molar-refractivity contribution in [2.75, 3.05) is 45.0 Å². The van der Waals surface area contributed by atoms with Gasteiger partial charge < -0.3 is 20.2 Å². The van der Waals surface area contributed by atoms with Crippen LogP contribution < -0.4 is 5.32 Å². The summed E-state index contributed by atoms with van der Waals surface area (Å²) < 4.78 is 0. The molecule has 0 bridgehead atoms. The van der Waals surface area contributed by atoms with Crippen LogP contribution in [0.1, 0.15) is 19.3 Å². The molecule has 0 spiro atoms. The van der Waals surface area contributed by atoms with E-state index < -0.39 is 24.0 Å². The number of rotatable bonds is 6. The first-order valence-corrected chi connectivity index (χ1v) is 13.9. The Kier molecular flexibility index (Phi) is 7.66. The second-order valence-electron chi connectivity index (χ2n) is 9.97. The molecule has 0 saturated carbocycles. The lowest BCUT2D eigenvalue weighted by molar-refractivity contribution is -0.167. The van der Waals surface area contributed by atoms with Gasteiger partial charge in [-0.3, -0.25) is 9.59 Å². The first-order chi connectivity index (χ1) is 17.9. The van der Waals surface area contributed by atoms with Gasteiger partial charge in [-0.2, -0.15) is 0 Å². The van der Waals surface area contributed by atoms with Gasteiger partial charge in [-0.25, -0.2) is 14.5 Å². The van der Waals surface area contributed by atoms with Crippen molar-refractivity contribution in [1.29, 1.82) is 0 Å². The number of carboxylic acid groups (broad SMARTS) is 1. The predicted molar refractivity (Wildman–Crippen MR) is 140 cm³/mol. The molecule has 196 valence electrons. The summed E-state index contributed by atoms with van der Waals surface area (Å²) in [5.74, 6) is -1.56. The summed E-state index contributed by atoms with van der Waals surface area (Å²) in [4.78, 5) is 55.8. The second-order valence-corrected chi connectivity index (χ2v) is 11.0. The zero-order chi connectivity index (χ0) is 25.9. The number of carboxylic acids is 1. The van der Waals surface area contributed by atoms with E-state index in [0.29, 0.717) is 31.2 Å². The Hall–Kier alpha value is -3.11. The number of hydrogen-bond acceptors (Lipinski definition) is 6. The summed E-state index contributed by atoms with van der Waals surface area (Å²) in [7, 11) is 0. The topological polar surface area (TPSA) is 110 Å². The number of amides is 4. The highest BCUT2D eigenvalue weighted by molar-refractivity contribution is 8.00. The average Bonchev–Trinajstić information content (AvgIpc) is 2.93. The molecule has 5 rings (SSSR count). The van der Waals surface area contributed by atoms with Crippen LogP contribution in [-0.2, 0) is 14.4 Å². The third-order valence-corrected chi connectivity index (χ3v) is 8.68. The van der Waals surface area contributed by atoms with Gasteiger partial charge in [0.1, 0.15) is 0 Å². The Bertz CT molecular complexity index is 1190. The van der Waals surface area contributed by atoms with Crippen molar-refractivity contribution in [3.63, 3.8) is 0 Å². The van der Waals surface area contributed by atoms with Crippen LogP contribution in [0.3, 0.4) is 0 Å². The van der Waals surface area contributed by atoms with Crippen molar-refractivity contribution in [3.8, 4) is 0 Å². The van der Waals surface area contributed by atoms with Crippen LogP contribution in [0.2, 0.25) is 0 Å². The monoisotopic (exact) mass is 524 g/mol. The molecule has 3 fully saturated rings. The van der Waals surface area contributed by atoms with E-state index in [2.05, 4.69) is 17.4 Å². The van der Waals surface area contributed by atoms with Gasteiger partial charge in [-0.15, -0.1) is 11.8 Å². The molecular weight excluding hydrogens is 492 g/mol. The molecule has 4 amide bonds. The number of urea groups is 1. The maximum atomic E-state index is 13.1. The highest BCUT2D eigenvalue weighted by Gasteiger charge is 2.56. The van der Waals surface area contributed by atoms with E-state index in [1.807, 2.05) is 30.3 Å². The van der Waals surface area contributed by atoms with Crippen LogP contribution in [0, 0.1) is 11.8 Å². The molecule has 2 N–H and O–H groups in total. The van der Waals surface area contributed by atoms with E-state index in [4.69, 9.17) is 0 Å². The molecule has 2 atom stereocenters. The Morgan fingerprint density at radius 2 is 1.62 bits per heavy atom. The molecule has 2 aromatic carbocycles. The Labute approximate surface area is 220 Å². The summed E-state index contributed by atoms with van der Waals surface area (Å²) in [6, 6.07) is 12.6. The largest absolute Gasteiger partial charge is 0.480 e. The second kappa shape index (κ2) is 11.1. The van der Waals surface area contributed by atoms with Gasteiger partial charge in [0.2, 0.25) is 11.8 Å². The SMILES string of the molecule is O=C(O)[C@@H]1[C@@H](CC2CCNCC2)C(=O)N1C(=O)N1CCN(C(=O)CSc2ccc3ccccc3c2)CC1. The fraction of sp³-hybridized carbons (Fsp3) is 0.481. The minimum Gasteiger partial charge on any atom is -0.480 e. The van der Waals surface area contributed by atoms with Crippen LogP contribution in [0.15, 0.2) is 47.4 Å². The van der Waals surface area contributed by atoms with Crippen molar-refractivity contribution < 1.29 is 24.3 Å². The van der Waals surface area contributed by atoms with Crippen molar-refractivity contribution in [2.24, 2.45) is 11.8 Å². The quantitative estimate of drug-likeness (QED) is 0.441. The van der Waals surface area contributed by atoms with Gasteiger partial charge in [0.05, 0.1) is 11.7 Å². The minimum absolute atomic E-state index is 0.00395. The third-order valence-electron chi connectivity index (χ3n) is 7.71. The van der Waals surface area contributed by atoms with Crippen molar-refractivity contribution in [3.05, 3.63) is 42.5 Å². The molecule has 10 heteroatoms. The molecule has 0 radical (unpaired) electrons. The minimum atomic E-state index is -1.13. The number of benzene rings is 2. The average molecular weight is 525 g/mol. The molecule has 9 nitrogen and oxygen atoms in total. The molecule has 0 aromatic heterocycles. The molecular formula is C27H32N4O5S. The van der Waals surface area contributed by atoms with Crippen LogP contribution in [0.4, 0.5) is 4.79 Å². The highest BCUT2D eigenvalue weighted by Crippen LogP contribution is 2.35. The first-order valence-electron chi connectivity index (χ1n) is 12.9. The van der Waals surface area contributed by atoms with Crippen LogP contribution >= 0.6 is 11.8 Å². The van der Waals surface area contributed by atoms with Crippen molar-refractivity contribution in [1.82, 2.24) is 20.0 Å². The maximum absolute atomic E-state index is 13.1. The third kappa shape index (κ3) is 5.45. The van der Waals surface area contributed by atoms with Crippen LogP contribution in [0.5, 0.6) is 0 Å². The van der Waals surface area contributed by atoms with E-state index in [-0.39, 0.29) is 24.9 Å². The Morgan fingerprint density at radius 3 is 2.32 bits per heavy atom. The van der Waals surface area contributed by atoms with Gasteiger partial charge in [-0.05, 0) is 61.2 Å². The zero-order valence-corrected chi connectivity index (χ0v) is 21.5. The Balaban J connectivity index is 1.12. The number of nitrogens with zero attached hydrogens (tertiary/aromatic N) is 3. The number of thioether (sulfide) groups is 1. The number of fused-ring (bicyclic) bond motifs is 1. The molecule has 2 aromatic rings. The van der Waals surface area contributed by atoms with Crippen molar-refractivity contribution in [2.45, 2.75) is 30.2 Å². The number of piperazine rings is 1. The van der Waals surface area contributed by atoms with E-state index in [9.17, 15) is 24.3 Å². The van der Waals surface area contributed by atoms with Gasteiger partial charge in [-0.1, -0.05) is 30.3 Å². The first kappa shape index (κ1) is 25.5. The lowest BCUT2D eigenvalue weighted by atomic mass is 9.78. The standard InChI is InChI=1S/C27H32N4O5S/c32-23(17-37-21-6-5-19-3-1-2-4-20(19)16-21)29-11-13-30(14-12-29)27(36)31-24(26(34)35)22(25(31)33)15-18-7-9-28-10-8-18/h1-6,16,18,22,24,28H,7-15,17H2,(H,34,35)/t22-,24+/m1/s1. The van der Waals surface area contributed by atoms with Gasteiger partial charge in [0.25, 0.3) is 0 Å². The van der Waals surface area contributed by atoms with Crippen LogP contribution in [0.25, 0.3) is 10.8 Å². The number of piperidine rings is 1.